The van der Waals surface area contributed by atoms with E-state index in [9.17, 15) is 9.59 Å². The number of anilines is 1. The van der Waals surface area contributed by atoms with Gasteiger partial charge in [0, 0.05) is 24.1 Å². The molecule has 1 aromatic carbocycles. The predicted molar refractivity (Wildman–Crippen MR) is 150 cm³/mol. The highest BCUT2D eigenvalue weighted by molar-refractivity contribution is 8.00. The van der Waals surface area contributed by atoms with Crippen LogP contribution in [0.3, 0.4) is 0 Å². The number of amides is 2. The number of benzene rings is 1. The van der Waals surface area contributed by atoms with Crippen molar-refractivity contribution in [3.8, 4) is 5.69 Å². The third-order valence-corrected chi connectivity index (χ3v) is 8.80. The van der Waals surface area contributed by atoms with E-state index in [0.29, 0.717) is 12.4 Å². The Hall–Kier alpha value is -2.62. The SMILES string of the molecule is Cc1ccccc1-n1nc(C(C)(C)C)c2c1N(CC(=O)NC[C@H]1CCCO1)C(=O)CS[C@H]2c1ccsc1. The summed E-state index contributed by atoms with van der Waals surface area (Å²) >= 11 is 3.26. The summed E-state index contributed by atoms with van der Waals surface area (Å²) in [4.78, 5) is 28.5. The molecule has 2 atom stereocenters. The number of nitrogens with zero attached hydrogens (tertiary/aromatic N) is 3. The normalized spacial score (nSPS) is 20.1. The van der Waals surface area contributed by atoms with Crippen LogP contribution in [-0.4, -0.2) is 53.1 Å². The second kappa shape index (κ2) is 10.6. The number of nitrogens with one attached hydrogen (secondary N) is 1. The van der Waals surface area contributed by atoms with Crippen LogP contribution in [0.25, 0.3) is 5.69 Å². The first-order chi connectivity index (χ1) is 17.7. The Morgan fingerprint density at radius 3 is 2.73 bits per heavy atom. The summed E-state index contributed by atoms with van der Waals surface area (Å²) in [5.41, 5.74) is 4.79. The van der Waals surface area contributed by atoms with Crippen LogP contribution in [0, 0.1) is 6.92 Å². The summed E-state index contributed by atoms with van der Waals surface area (Å²) in [6.45, 7) is 9.64. The molecule has 3 aromatic rings. The van der Waals surface area contributed by atoms with Gasteiger partial charge in [-0.3, -0.25) is 14.5 Å². The first-order valence-corrected chi connectivity index (χ1v) is 14.7. The molecule has 0 unspecified atom stereocenters. The number of thiophene rings is 1. The first kappa shape index (κ1) is 26.0. The quantitative estimate of drug-likeness (QED) is 0.478. The minimum atomic E-state index is -0.270. The van der Waals surface area contributed by atoms with Gasteiger partial charge in [-0.1, -0.05) is 39.0 Å². The number of carbonyl (C=O) groups is 2. The monoisotopic (exact) mass is 538 g/mol. The van der Waals surface area contributed by atoms with Crippen molar-refractivity contribution in [1.29, 1.82) is 0 Å². The molecule has 2 amide bonds. The van der Waals surface area contributed by atoms with Crippen molar-refractivity contribution in [1.82, 2.24) is 15.1 Å². The molecule has 196 valence electrons. The van der Waals surface area contributed by atoms with Gasteiger partial charge in [-0.05, 0) is 53.8 Å². The highest BCUT2D eigenvalue weighted by Gasteiger charge is 2.40. The lowest BCUT2D eigenvalue weighted by atomic mass is 9.87. The van der Waals surface area contributed by atoms with E-state index in [1.54, 1.807) is 28.0 Å². The van der Waals surface area contributed by atoms with Gasteiger partial charge in [0.2, 0.25) is 11.8 Å². The maximum Gasteiger partial charge on any atom is 0.240 e. The number of fused-ring (bicyclic) bond motifs is 1. The van der Waals surface area contributed by atoms with Crippen LogP contribution in [0.4, 0.5) is 5.82 Å². The average molecular weight is 539 g/mol. The molecular formula is C28H34N4O3S2. The maximum absolute atomic E-state index is 13.7. The third-order valence-electron chi connectivity index (χ3n) is 6.84. The summed E-state index contributed by atoms with van der Waals surface area (Å²) in [6, 6.07) is 10.2. The molecular weight excluding hydrogens is 504 g/mol. The number of thioether (sulfide) groups is 1. The highest BCUT2D eigenvalue weighted by Crippen LogP contribution is 2.48. The average Bonchev–Trinajstić information content (AvgIpc) is 3.62. The zero-order valence-electron chi connectivity index (χ0n) is 21.8. The molecule has 0 radical (unpaired) electrons. The van der Waals surface area contributed by atoms with Crippen LogP contribution in [0.5, 0.6) is 0 Å². The molecule has 2 aliphatic heterocycles. The fraction of sp³-hybridized carbons (Fsp3) is 0.464. The van der Waals surface area contributed by atoms with E-state index in [0.717, 1.165) is 47.5 Å². The van der Waals surface area contributed by atoms with Crippen molar-refractivity contribution < 1.29 is 14.3 Å². The van der Waals surface area contributed by atoms with E-state index >= 15 is 0 Å². The number of rotatable bonds is 6. The number of para-hydroxylation sites is 1. The second-order valence-corrected chi connectivity index (χ2v) is 12.6. The zero-order valence-corrected chi connectivity index (χ0v) is 23.5. The van der Waals surface area contributed by atoms with Gasteiger partial charge < -0.3 is 10.1 Å². The van der Waals surface area contributed by atoms with Gasteiger partial charge in [-0.25, -0.2) is 4.68 Å². The van der Waals surface area contributed by atoms with Crippen LogP contribution in [-0.2, 0) is 19.7 Å². The van der Waals surface area contributed by atoms with Crippen molar-refractivity contribution in [2.75, 3.05) is 30.3 Å². The van der Waals surface area contributed by atoms with Gasteiger partial charge >= 0.3 is 0 Å². The lowest BCUT2D eigenvalue weighted by Gasteiger charge is -2.24. The number of hydrogen-bond acceptors (Lipinski definition) is 6. The maximum atomic E-state index is 13.7. The van der Waals surface area contributed by atoms with Crippen LogP contribution >= 0.6 is 23.1 Å². The molecule has 2 aliphatic rings. The van der Waals surface area contributed by atoms with Crippen LogP contribution < -0.4 is 10.2 Å². The fourth-order valence-electron chi connectivity index (χ4n) is 4.96. The standard InChI is InChI=1S/C28H34N4O3S2/c1-18-8-5-6-10-21(18)32-27-24(26(30-32)28(2,3)4)25(19-11-13-36-16-19)37-17-23(34)31(27)15-22(33)29-14-20-9-7-12-35-20/h5-6,8,10-11,13,16,20,25H,7,9,12,14-15,17H2,1-4H3,(H,29,33)/t20-,25+/m1/s1. The van der Waals surface area contributed by atoms with E-state index in [2.05, 4.69) is 42.9 Å². The molecule has 0 bridgehead atoms. The summed E-state index contributed by atoms with van der Waals surface area (Å²) in [6.07, 6.45) is 2.00. The molecule has 1 N–H and O–H groups in total. The van der Waals surface area contributed by atoms with Gasteiger partial charge in [0.05, 0.1) is 28.5 Å². The number of aromatic nitrogens is 2. The Kier molecular flexibility index (Phi) is 7.47. The van der Waals surface area contributed by atoms with Crippen molar-refractivity contribution in [2.45, 2.75) is 57.3 Å². The number of hydrogen-bond donors (Lipinski definition) is 1. The third kappa shape index (κ3) is 5.35. The van der Waals surface area contributed by atoms with Gasteiger partial charge in [0.1, 0.15) is 12.4 Å². The Morgan fingerprint density at radius 2 is 2.05 bits per heavy atom. The Bertz CT molecular complexity index is 1270. The summed E-state index contributed by atoms with van der Waals surface area (Å²) in [5.74, 6) is 0.693. The number of aryl methyl sites for hydroxylation is 1. The largest absolute Gasteiger partial charge is 0.376 e. The Balaban J connectivity index is 1.64. The van der Waals surface area contributed by atoms with Crippen molar-refractivity contribution >= 4 is 40.7 Å². The molecule has 1 fully saturated rings. The van der Waals surface area contributed by atoms with E-state index in [1.807, 2.05) is 35.9 Å². The molecule has 4 heterocycles. The van der Waals surface area contributed by atoms with E-state index in [-0.39, 0.29) is 40.9 Å². The van der Waals surface area contributed by atoms with Crippen molar-refractivity contribution in [3.63, 3.8) is 0 Å². The topological polar surface area (TPSA) is 76.5 Å². The lowest BCUT2D eigenvalue weighted by molar-refractivity contribution is -0.123. The van der Waals surface area contributed by atoms with Gasteiger partial charge in [-0.2, -0.15) is 16.4 Å². The van der Waals surface area contributed by atoms with E-state index in [4.69, 9.17) is 9.84 Å². The molecule has 1 saturated heterocycles. The van der Waals surface area contributed by atoms with Crippen LogP contribution in [0.1, 0.15) is 61.2 Å². The van der Waals surface area contributed by atoms with Gasteiger partial charge in [0.25, 0.3) is 0 Å². The molecule has 2 aromatic heterocycles. The predicted octanol–water partition coefficient (Wildman–Crippen LogP) is 5.00. The number of carbonyl (C=O) groups excluding carboxylic acids is 2. The summed E-state index contributed by atoms with van der Waals surface area (Å²) < 4.78 is 7.56. The molecule has 37 heavy (non-hydrogen) atoms. The Morgan fingerprint density at radius 1 is 1.24 bits per heavy atom. The second-order valence-electron chi connectivity index (χ2n) is 10.7. The molecule has 0 saturated carbocycles. The minimum Gasteiger partial charge on any atom is -0.376 e. The summed E-state index contributed by atoms with van der Waals surface area (Å²) in [5, 5.41) is 12.3. The molecule has 7 nitrogen and oxygen atoms in total. The van der Waals surface area contributed by atoms with Crippen LogP contribution in [0.15, 0.2) is 41.1 Å². The summed E-state index contributed by atoms with van der Waals surface area (Å²) in [7, 11) is 0. The zero-order chi connectivity index (χ0) is 26.2. The van der Waals surface area contributed by atoms with E-state index in [1.165, 1.54) is 0 Å². The first-order valence-electron chi connectivity index (χ1n) is 12.8. The van der Waals surface area contributed by atoms with Crippen molar-refractivity contribution in [2.24, 2.45) is 0 Å². The fourth-order valence-corrected chi connectivity index (χ4v) is 6.92. The highest BCUT2D eigenvalue weighted by atomic mass is 32.2. The van der Waals surface area contributed by atoms with E-state index < -0.39 is 0 Å². The number of ether oxygens (including phenoxy) is 1. The minimum absolute atomic E-state index is 0.0443. The lowest BCUT2D eigenvalue weighted by Crippen LogP contribution is -2.44. The van der Waals surface area contributed by atoms with Crippen molar-refractivity contribution in [3.05, 3.63) is 63.5 Å². The molecule has 5 rings (SSSR count). The molecule has 9 heteroatoms. The Labute approximate surface area is 226 Å². The van der Waals surface area contributed by atoms with Crippen LogP contribution in [0.2, 0.25) is 0 Å². The molecule has 0 aliphatic carbocycles. The smallest absolute Gasteiger partial charge is 0.240 e. The molecule has 0 spiro atoms. The van der Waals surface area contributed by atoms with Gasteiger partial charge in [-0.15, -0.1) is 11.8 Å². The van der Waals surface area contributed by atoms with Gasteiger partial charge in [0.15, 0.2) is 0 Å².